The van der Waals surface area contributed by atoms with Crippen LogP contribution in [0.25, 0.3) is 22.0 Å². The number of rotatable bonds is 6. The van der Waals surface area contributed by atoms with Gasteiger partial charge >= 0.3 is 0 Å². The van der Waals surface area contributed by atoms with Crippen molar-refractivity contribution in [1.29, 1.82) is 0 Å². The molecule has 0 unspecified atom stereocenters. The molecule has 0 bridgehead atoms. The topological polar surface area (TPSA) is 118 Å². The van der Waals surface area contributed by atoms with Gasteiger partial charge in [-0.05, 0) is 31.0 Å². The minimum Gasteiger partial charge on any atom is -0.299 e. The summed E-state index contributed by atoms with van der Waals surface area (Å²) in [7, 11) is -3.91. The Balaban J connectivity index is 2.00. The summed E-state index contributed by atoms with van der Waals surface area (Å²) in [6.07, 6.45) is 1.79. The summed E-state index contributed by atoms with van der Waals surface area (Å²) in [5.74, 6) is -1.70. The zero-order valence-corrected chi connectivity index (χ0v) is 17.1. The van der Waals surface area contributed by atoms with Gasteiger partial charge in [-0.25, -0.2) is 23.3 Å². The van der Waals surface area contributed by atoms with Crippen LogP contribution in [0.1, 0.15) is 13.3 Å². The van der Waals surface area contributed by atoms with Crippen molar-refractivity contribution in [3.63, 3.8) is 0 Å². The van der Waals surface area contributed by atoms with Crippen LogP contribution in [0.2, 0.25) is 0 Å². The van der Waals surface area contributed by atoms with Gasteiger partial charge in [0.2, 0.25) is 0 Å². The van der Waals surface area contributed by atoms with Crippen molar-refractivity contribution in [1.82, 2.24) is 15.0 Å². The largest absolute Gasteiger partial charge is 0.299 e. The van der Waals surface area contributed by atoms with E-state index < -0.39 is 31.9 Å². The minimum absolute atomic E-state index is 0.0300. The predicted molar refractivity (Wildman–Crippen MR) is 109 cm³/mol. The molecule has 3 rings (SSSR count). The Morgan fingerprint density at radius 3 is 2.53 bits per heavy atom. The number of carbonyl (C=O) groups is 1. The van der Waals surface area contributed by atoms with Gasteiger partial charge in [0.15, 0.2) is 14.6 Å². The standard InChI is InChI=1S/C20H20FN3O5S/c1-20(19(26)23-27,30(2,28)29)8-9-24-12-22-17-11-14(13-6-4-3-5-7-13)16(21)10-15(17)18(24)25/h3-7,10-12,27H,8-9H2,1-2H3,(H,23,26)/t20-/m0/s1. The molecule has 0 radical (unpaired) electrons. The molecule has 0 saturated carbocycles. The number of benzene rings is 2. The summed E-state index contributed by atoms with van der Waals surface area (Å²) in [6.45, 7) is 0.972. The van der Waals surface area contributed by atoms with Crippen LogP contribution in [0, 0.1) is 5.82 Å². The Morgan fingerprint density at radius 1 is 1.27 bits per heavy atom. The zero-order chi connectivity index (χ0) is 22.1. The van der Waals surface area contributed by atoms with E-state index in [0.29, 0.717) is 11.1 Å². The number of amides is 1. The average Bonchev–Trinajstić information content (AvgIpc) is 2.72. The minimum atomic E-state index is -3.91. The first-order chi connectivity index (χ1) is 14.1. The highest BCUT2D eigenvalue weighted by Crippen LogP contribution is 2.26. The Hall–Kier alpha value is -3.11. The van der Waals surface area contributed by atoms with Crippen LogP contribution in [0.5, 0.6) is 0 Å². The van der Waals surface area contributed by atoms with Gasteiger partial charge in [-0.1, -0.05) is 30.3 Å². The highest BCUT2D eigenvalue weighted by Gasteiger charge is 2.43. The fourth-order valence-corrected chi connectivity index (χ4v) is 3.94. The van der Waals surface area contributed by atoms with Crippen LogP contribution in [0.15, 0.2) is 53.6 Å². The number of nitrogens with zero attached hydrogens (tertiary/aromatic N) is 2. The summed E-state index contributed by atoms with van der Waals surface area (Å²) in [6, 6.07) is 11.4. The SMILES string of the molecule is C[C@](CCn1cnc2cc(-c3ccccc3)c(F)cc2c1=O)(C(=O)NO)S(C)(=O)=O. The number of halogens is 1. The zero-order valence-electron chi connectivity index (χ0n) is 16.3. The summed E-state index contributed by atoms with van der Waals surface area (Å²) in [5, 5.41) is 8.92. The Kier molecular flexibility index (Phi) is 5.73. The molecule has 0 spiro atoms. The Labute approximate surface area is 171 Å². The van der Waals surface area contributed by atoms with E-state index in [1.54, 1.807) is 30.3 Å². The molecule has 3 aromatic rings. The molecule has 8 nitrogen and oxygen atoms in total. The van der Waals surface area contributed by atoms with Crippen molar-refractivity contribution in [2.75, 3.05) is 6.26 Å². The maximum Gasteiger partial charge on any atom is 0.264 e. The second-order valence-electron chi connectivity index (χ2n) is 7.15. The van der Waals surface area contributed by atoms with Gasteiger partial charge in [-0.3, -0.25) is 19.4 Å². The molecule has 0 aliphatic heterocycles. The summed E-state index contributed by atoms with van der Waals surface area (Å²) >= 11 is 0. The van der Waals surface area contributed by atoms with Crippen LogP contribution in [0.4, 0.5) is 4.39 Å². The molecular weight excluding hydrogens is 413 g/mol. The number of sulfone groups is 1. The van der Waals surface area contributed by atoms with Gasteiger partial charge in [-0.2, -0.15) is 0 Å². The third-order valence-electron chi connectivity index (χ3n) is 5.23. The van der Waals surface area contributed by atoms with Crippen molar-refractivity contribution in [2.45, 2.75) is 24.6 Å². The van der Waals surface area contributed by atoms with E-state index in [2.05, 4.69) is 4.98 Å². The lowest BCUT2D eigenvalue weighted by molar-refractivity contribution is -0.131. The first-order valence-corrected chi connectivity index (χ1v) is 10.9. The second kappa shape index (κ2) is 7.96. The first-order valence-electron chi connectivity index (χ1n) is 8.97. The molecule has 1 aromatic heterocycles. The van der Waals surface area contributed by atoms with Gasteiger partial charge < -0.3 is 0 Å². The molecule has 1 heterocycles. The summed E-state index contributed by atoms with van der Waals surface area (Å²) < 4.78 is 37.9. The predicted octanol–water partition coefficient (Wildman–Crippen LogP) is 1.90. The lowest BCUT2D eigenvalue weighted by Crippen LogP contribution is -2.50. The second-order valence-corrected chi connectivity index (χ2v) is 9.60. The highest BCUT2D eigenvalue weighted by molar-refractivity contribution is 7.92. The van der Waals surface area contributed by atoms with E-state index in [4.69, 9.17) is 5.21 Å². The Morgan fingerprint density at radius 2 is 1.93 bits per heavy atom. The molecule has 1 amide bonds. The van der Waals surface area contributed by atoms with Crippen LogP contribution in [-0.4, -0.2) is 40.1 Å². The molecule has 0 saturated heterocycles. The maximum absolute atomic E-state index is 14.7. The van der Waals surface area contributed by atoms with E-state index in [0.717, 1.165) is 23.8 Å². The van der Waals surface area contributed by atoms with Gasteiger partial charge in [0.1, 0.15) is 5.82 Å². The molecule has 0 aliphatic rings. The number of hydroxylamine groups is 1. The lowest BCUT2D eigenvalue weighted by Gasteiger charge is -2.25. The van der Waals surface area contributed by atoms with E-state index in [1.807, 2.05) is 0 Å². The van der Waals surface area contributed by atoms with E-state index in [1.165, 1.54) is 17.9 Å². The van der Waals surface area contributed by atoms with Gasteiger partial charge in [0.25, 0.3) is 11.5 Å². The van der Waals surface area contributed by atoms with Crippen LogP contribution in [0.3, 0.4) is 0 Å². The number of nitrogens with one attached hydrogen (secondary N) is 1. The maximum atomic E-state index is 14.7. The Bertz CT molecular complexity index is 1270. The van der Waals surface area contributed by atoms with Crippen molar-refractivity contribution in [3.8, 4) is 11.1 Å². The van der Waals surface area contributed by atoms with Crippen LogP contribution >= 0.6 is 0 Å². The number of aromatic nitrogens is 2. The molecule has 30 heavy (non-hydrogen) atoms. The van der Waals surface area contributed by atoms with Gasteiger partial charge in [0.05, 0.1) is 17.2 Å². The quantitative estimate of drug-likeness (QED) is 0.453. The summed E-state index contributed by atoms with van der Waals surface area (Å²) in [5.41, 5.74) is 2.01. The molecule has 0 fully saturated rings. The fraction of sp³-hybridized carbons (Fsp3) is 0.250. The molecular formula is C20H20FN3O5S. The molecule has 0 aliphatic carbocycles. The number of aryl methyl sites for hydroxylation is 1. The number of hydrogen-bond donors (Lipinski definition) is 2. The van der Waals surface area contributed by atoms with Gasteiger partial charge in [-0.15, -0.1) is 0 Å². The average molecular weight is 433 g/mol. The lowest BCUT2D eigenvalue weighted by atomic mass is 10.0. The molecule has 10 heteroatoms. The van der Waals surface area contributed by atoms with E-state index >= 15 is 0 Å². The van der Waals surface area contributed by atoms with Crippen molar-refractivity contribution in [3.05, 3.63) is 65.0 Å². The van der Waals surface area contributed by atoms with E-state index in [9.17, 15) is 22.4 Å². The first kappa shape index (κ1) is 21.6. The van der Waals surface area contributed by atoms with Gasteiger partial charge in [0, 0.05) is 18.4 Å². The van der Waals surface area contributed by atoms with Crippen molar-refractivity contribution >= 4 is 26.6 Å². The third kappa shape index (κ3) is 3.83. The van der Waals surface area contributed by atoms with Crippen molar-refractivity contribution < 1.29 is 22.8 Å². The molecule has 1 atom stereocenters. The number of carbonyl (C=O) groups excluding carboxylic acids is 1. The fourth-order valence-electron chi connectivity index (χ4n) is 3.10. The van der Waals surface area contributed by atoms with Crippen molar-refractivity contribution in [2.24, 2.45) is 0 Å². The normalized spacial score (nSPS) is 13.7. The smallest absolute Gasteiger partial charge is 0.264 e. The number of hydrogen-bond acceptors (Lipinski definition) is 6. The van der Waals surface area contributed by atoms with E-state index in [-0.39, 0.29) is 23.9 Å². The van der Waals surface area contributed by atoms with Crippen LogP contribution in [-0.2, 0) is 21.2 Å². The van der Waals surface area contributed by atoms with Crippen LogP contribution < -0.4 is 11.0 Å². The monoisotopic (exact) mass is 433 g/mol. The number of fused-ring (bicyclic) bond motifs is 1. The molecule has 2 N–H and O–H groups in total. The third-order valence-corrected chi connectivity index (χ3v) is 7.25. The molecule has 158 valence electrons. The summed E-state index contributed by atoms with van der Waals surface area (Å²) in [4.78, 5) is 28.9. The molecule has 2 aromatic carbocycles. The highest BCUT2D eigenvalue weighted by atomic mass is 32.2.